The molecule has 1 aromatic heterocycles. The van der Waals surface area contributed by atoms with Gasteiger partial charge in [0.25, 0.3) is 0 Å². The molecular weight excluding hydrogens is 247 g/mol. The van der Waals surface area contributed by atoms with Gasteiger partial charge in [-0.05, 0) is 40.6 Å². The quantitative estimate of drug-likeness (QED) is 0.601. The second-order valence-electron chi connectivity index (χ2n) is 4.01. The van der Waals surface area contributed by atoms with Gasteiger partial charge in [0.2, 0.25) is 0 Å². The first-order valence-electron chi connectivity index (χ1n) is 4.82. The molecule has 0 bridgehead atoms. The van der Waals surface area contributed by atoms with Crippen LogP contribution in [0.25, 0.3) is 0 Å². The fraction of sp³-hybridized carbons (Fsp3) is 0.600. The SMILES string of the molecule is CC(C)c1nc(F)nc(Br)c1C1CC1. The van der Waals surface area contributed by atoms with E-state index in [1.807, 2.05) is 13.8 Å². The van der Waals surface area contributed by atoms with E-state index < -0.39 is 6.08 Å². The van der Waals surface area contributed by atoms with Gasteiger partial charge in [0.15, 0.2) is 0 Å². The van der Waals surface area contributed by atoms with Crippen LogP contribution < -0.4 is 0 Å². The molecule has 2 rings (SSSR count). The van der Waals surface area contributed by atoms with Crippen molar-refractivity contribution in [3.05, 3.63) is 21.9 Å². The molecule has 0 unspecified atom stereocenters. The van der Waals surface area contributed by atoms with Crippen LogP contribution in [0.4, 0.5) is 4.39 Å². The molecule has 2 nitrogen and oxygen atoms in total. The molecular formula is C10H12BrFN2. The number of aromatic nitrogens is 2. The van der Waals surface area contributed by atoms with Gasteiger partial charge in [-0.2, -0.15) is 9.37 Å². The third-order valence-corrected chi connectivity index (χ3v) is 3.04. The highest BCUT2D eigenvalue weighted by Crippen LogP contribution is 2.45. The predicted molar refractivity (Wildman–Crippen MR) is 55.8 cm³/mol. The highest BCUT2D eigenvalue weighted by atomic mass is 79.9. The number of hydrogen-bond acceptors (Lipinski definition) is 2. The summed E-state index contributed by atoms with van der Waals surface area (Å²) in [5.74, 6) is 0.793. The van der Waals surface area contributed by atoms with Crippen LogP contribution in [0.15, 0.2) is 4.60 Å². The van der Waals surface area contributed by atoms with E-state index >= 15 is 0 Å². The van der Waals surface area contributed by atoms with Crippen molar-refractivity contribution in [3.63, 3.8) is 0 Å². The maximum atomic E-state index is 13.0. The lowest BCUT2D eigenvalue weighted by atomic mass is 10.0. The molecule has 76 valence electrons. The van der Waals surface area contributed by atoms with Gasteiger partial charge in [-0.3, -0.25) is 0 Å². The Morgan fingerprint density at radius 1 is 1.36 bits per heavy atom. The number of hydrogen-bond donors (Lipinski definition) is 0. The van der Waals surface area contributed by atoms with Crippen LogP contribution in [0.5, 0.6) is 0 Å². The van der Waals surface area contributed by atoms with Crippen molar-refractivity contribution < 1.29 is 4.39 Å². The molecule has 0 aromatic carbocycles. The van der Waals surface area contributed by atoms with E-state index in [1.54, 1.807) is 0 Å². The van der Waals surface area contributed by atoms with Crippen LogP contribution in [0.3, 0.4) is 0 Å². The molecule has 1 aliphatic carbocycles. The largest absolute Gasteiger partial charge is 0.309 e. The van der Waals surface area contributed by atoms with Crippen LogP contribution in [0, 0.1) is 6.08 Å². The summed E-state index contributed by atoms with van der Waals surface area (Å²) in [5.41, 5.74) is 1.97. The van der Waals surface area contributed by atoms with Crippen LogP contribution >= 0.6 is 15.9 Å². The zero-order valence-corrected chi connectivity index (χ0v) is 9.81. The van der Waals surface area contributed by atoms with Gasteiger partial charge in [-0.25, -0.2) is 4.98 Å². The van der Waals surface area contributed by atoms with Crippen molar-refractivity contribution in [2.45, 2.75) is 38.5 Å². The first-order chi connectivity index (χ1) is 6.59. The molecule has 14 heavy (non-hydrogen) atoms. The Morgan fingerprint density at radius 2 is 2.00 bits per heavy atom. The zero-order chi connectivity index (χ0) is 10.3. The molecule has 0 N–H and O–H groups in total. The summed E-state index contributed by atoms with van der Waals surface area (Å²) < 4.78 is 13.6. The molecule has 0 amide bonds. The fourth-order valence-corrected chi connectivity index (χ4v) is 2.29. The zero-order valence-electron chi connectivity index (χ0n) is 8.22. The maximum Gasteiger partial charge on any atom is 0.309 e. The summed E-state index contributed by atoms with van der Waals surface area (Å²) in [6.07, 6.45) is 1.71. The molecule has 0 atom stereocenters. The highest BCUT2D eigenvalue weighted by molar-refractivity contribution is 9.10. The Labute approximate surface area is 91.1 Å². The summed E-state index contributed by atoms with van der Waals surface area (Å²) in [6.45, 7) is 4.06. The Kier molecular flexibility index (Phi) is 2.56. The van der Waals surface area contributed by atoms with Crippen molar-refractivity contribution in [1.82, 2.24) is 9.97 Å². The third kappa shape index (κ3) is 1.80. The summed E-state index contributed by atoms with van der Waals surface area (Å²) in [4.78, 5) is 7.60. The van der Waals surface area contributed by atoms with Gasteiger partial charge in [-0.15, -0.1) is 0 Å². The first kappa shape index (κ1) is 10.0. The predicted octanol–water partition coefficient (Wildman–Crippen LogP) is 3.38. The van der Waals surface area contributed by atoms with E-state index in [-0.39, 0.29) is 5.92 Å². The molecule has 0 spiro atoms. The van der Waals surface area contributed by atoms with Crippen molar-refractivity contribution in [3.8, 4) is 0 Å². The van der Waals surface area contributed by atoms with E-state index in [4.69, 9.17) is 0 Å². The third-order valence-electron chi connectivity index (χ3n) is 2.43. The molecule has 1 fully saturated rings. The smallest absolute Gasteiger partial charge is 0.207 e. The van der Waals surface area contributed by atoms with E-state index in [0.717, 1.165) is 11.3 Å². The van der Waals surface area contributed by atoms with Crippen molar-refractivity contribution in [2.24, 2.45) is 0 Å². The van der Waals surface area contributed by atoms with Crippen LogP contribution in [0.1, 0.15) is 49.8 Å². The van der Waals surface area contributed by atoms with Gasteiger partial charge >= 0.3 is 6.08 Å². The minimum atomic E-state index is -0.634. The Hall–Kier alpha value is -0.510. The minimum absolute atomic E-state index is 0.249. The first-order valence-corrected chi connectivity index (χ1v) is 5.61. The van der Waals surface area contributed by atoms with Crippen LogP contribution in [-0.2, 0) is 0 Å². The van der Waals surface area contributed by atoms with Crippen LogP contribution in [-0.4, -0.2) is 9.97 Å². The Balaban J connectivity index is 2.53. The summed E-state index contributed by atoms with van der Waals surface area (Å²) in [7, 11) is 0. The molecule has 1 heterocycles. The number of rotatable bonds is 2. The molecule has 4 heteroatoms. The lowest BCUT2D eigenvalue weighted by molar-refractivity contribution is 0.520. The fourth-order valence-electron chi connectivity index (χ4n) is 1.62. The van der Waals surface area contributed by atoms with Gasteiger partial charge < -0.3 is 0 Å². The van der Waals surface area contributed by atoms with E-state index in [9.17, 15) is 4.39 Å². The average molecular weight is 259 g/mol. The topological polar surface area (TPSA) is 25.8 Å². The van der Waals surface area contributed by atoms with Crippen molar-refractivity contribution in [1.29, 1.82) is 0 Å². The molecule has 0 aliphatic heterocycles. The lowest BCUT2D eigenvalue weighted by Crippen LogP contribution is -2.05. The lowest BCUT2D eigenvalue weighted by Gasteiger charge is -2.11. The Morgan fingerprint density at radius 3 is 2.50 bits per heavy atom. The summed E-state index contributed by atoms with van der Waals surface area (Å²) in [5, 5.41) is 0. The highest BCUT2D eigenvalue weighted by Gasteiger charge is 2.30. The van der Waals surface area contributed by atoms with E-state index in [1.165, 1.54) is 12.8 Å². The van der Waals surface area contributed by atoms with E-state index in [2.05, 4.69) is 25.9 Å². The molecule has 0 radical (unpaired) electrons. The molecule has 1 aliphatic rings. The number of halogens is 2. The van der Waals surface area contributed by atoms with Crippen molar-refractivity contribution >= 4 is 15.9 Å². The Bertz CT molecular complexity index is 361. The second-order valence-corrected chi connectivity index (χ2v) is 4.76. The normalized spacial score (nSPS) is 16.4. The number of nitrogens with zero attached hydrogens (tertiary/aromatic N) is 2. The summed E-state index contributed by atoms with van der Waals surface area (Å²) in [6, 6.07) is 0. The van der Waals surface area contributed by atoms with Gasteiger partial charge in [0.05, 0.1) is 5.69 Å². The minimum Gasteiger partial charge on any atom is -0.207 e. The molecule has 1 aromatic rings. The van der Waals surface area contributed by atoms with Gasteiger partial charge in [0.1, 0.15) is 4.60 Å². The standard InChI is InChI=1S/C10H12BrFN2/c1-5(2)8-7(6-3-4-6)9(11)14-10(12)13-8/h5-6H,3-4H2,1-2H3. The maximum absolute atomic E-state index is 13.0. The van der Waals surface area contributed by atoms with Crippen molar-refractivity contribution in [2.75, 3.05) is 0 Å². The van der Waals surface area contributed by atoms with Crippen LogP contribution in [0.2, 0.25) is 0 Å². The second kappa shape index (κ2) is 3.57. The average Bonchev–Trinajstić information content (AvgIpc) is 2.85. The van der Waals surface area contributed by atoms with E-state index in [0.29, 0.717) is 10.5 Å². The monoisotopic (exact) mass is 258 g/mol. The molecule has 0 saturated heterocycles. The molecule has 1 saturated carbocycles. The van der Waals surface area contributed by atoms with Gasteiger partial charge in [0, 0.05) is 5.56 Å². The summed E-state index contributed by atoms with van der Waals surface area (Å²) >= 11 is 3.32. The van der Waals surface area contributed by atoms with Gasteiger partial charge in [-0.1, -0.05) is 13.8 Å².